The van der Waals surface area contributed by atoms with Crippen LogP contribution in [0.1, 0.15) is 86.5 Å². The van der Waals surface area contributed by atoms with Crippen LogP contribution in [0.25, 0.3) is 0 Å². The highest BCUT2D eigenvalue weighted by atomic mass is 32.1. The van der Waals surface area contributed by atoms with Crippen LogP contribution in [0.4, 0.5) is 0 Å². The van der Waals surface area contributed by atoms with Gasteiger partial charge in [0.15, 0.2) is 10.2 Å². The van der Waals surface area contributed by atoms with E-state index in [9.17, 15) is 9.59 Å². The average molecular weight is 585 g/mol. The van der Waals surface area contributed by atoms with Crippen molar-refractivity contribution < 1.29 is 19.1 Å². The Morgan fingerprint density at radius 1 is 0.641 bits per heavy atom. The summed E-state index contributed by atoms with van der Waals surface area (Å²) in [5.41, 5.74) is 0.0578. The molecule has 0 saturated carbocycles. The molecule has 2 saturated heterocycles. The van der Waals surface area contributed by atoms with Gasteiger partial charge < -0.3 is 19.3 Å². The van der Waals surface area contributed by atoms with Gasteiger partial charge in [0, 0.05) is 52.6 Å². The van der Waals surface area contributed by atoms with E-state index in [1.54, 1.807) is 9.80 Å². The number of unbranched alkanes of at least 4 members (excludes halogenated alkanes) is 2. The molecule has 0 N–H and O–H groups in total. The first kappa shape index (κ1) is 33.8. The summed E-state index contributed by atoms with van der Waals surface area (Å²) in [5, 5.41) is 1.35. The molecule has 2 heterocycles. The minimum absolute atomic E-state index is 0.0289. The number of ether oxygens (including phenoxy) is 2. The van der Waals surface area contributed by atoms with Gasteiger partial charge >= 0.3 is 0 Å². The largest absolute Gasteiger partial charge is 0.381 e. The van der Waals surface area contributed by atoms with Crippen molar-refractivity contribution in [2.75, 3.05) is 65.7 Å². The van der Waals surface area contributed by atoms with Crippen molar-refractivity contribution in [2.45, 2.75) is 86.5 Å². The van der Waals surface area contributed by atoms with E-state index in [4.69, 9.17) is 33.9 Å². The van der Waals surface area contributed by atoms with E-state index in [-0.39, 0.29) is 22.6 Å². The van der Waals surface area contributed by atoms with Crippen LogP contribution in [0.15, 0.2) is 0 Å². The van der Waals surface area contributed by atoms with Crippen LogP contribution in [0.2, 0.25) is 0 Å². The standard InChI is InChI=1S/C29H52N4O4S2/c1-7-30-20-24(34)32(26(30)38)22-28(3,4)14-9-11-16-36-18-13-19-37-17-12-10-15-29(5,6)23-33-25(35)21-31(8-2)27(33)39/h7-23H2,1-6H3. The van der Waals surface area contributed by atoms with Gasteiger partial charge in [-0.1, -0.05) is 40.5 Å². The summed E-state index contributed by atoms with van der Waals surface area (Å²) in [4.78, 5) is 32.1. The molecule has 0 aromatic rings. The molecule has 224 valence electrons. The minimum Gasteiger partial charge on any atom is -0.381 e. The van der Waals surface area contributed by atoms with Crippen LogP contribution in [0, 0.1) is 10.8 Å². The molecule has 0 atom stereocenters. The Morgan fingerprint density at radius 2 is 1.00 bits per heavy atom. The van der Waals surface area contributed by atoms with E-state index in [0.29, 0.717) is 36.4 Å². The van der Waals surface area contributed by atoms with Crippen LogP contribution in [0.3, 0.4) is 0 Å². The number of carbonyl (C=O) groups excluding carboxylic acids is 2. The van der Waals surface area contributed by atoms with Crippen molar-refractivity contribution >= 4 is 46.5 Å². The number of carbonyl (C=O) groups is 2. The van der Waals surface area contributed by atoms with Gasteiger partial charge in [0.2, 0.25) is 11.8 Å². The maximum atomic E-state index is 12.3. The molecule has 0 bridgehead atoms. The summed E-state index contributed by atoms with van der Waals surface area (Å²) < 4.78 is 11.6. The average Bonchev–Trinajstić information content (AvgIpc) is 3.30. The predicted octanol–water partition coefficient (Wildman–Crippen LogP) is 4.70. The van der Waals surface area contributed by atoms with Gasteiger partial charge in [0.1, 0.15) is 0 Å². The summed E-state index contributed by atoms with van der Waals surface area (Å²) in [6.45, 7) is 19.6. The fourth-order valence-corrected chi connectivity index (χ4v) is 5.81. The van der Waals surface area contributed by atoms with Crippen LogP contribution in [0.5, 0.6) is 0 Å². The van der Waals surface area contributed by atoms with Gasteiger partial charge in [-0.25, -0.2) is 0 Å². The Labute approximate surface area is 247 Å². The second-order valence-corrected chi connectivity index (χ2v) is 13.1. The molecule has 0 aliphatic carbocycles. The van der Waals surface area contributed by atoms with Crippen molar-refractivity contribution in [3.05, 3.63) is 0 Å². The minimum atomic E-state index is 0.0289. The number of hydrogen-bond donors (Lipinski definition) is 0. The molecule has 0 aromatic heterocycles. The highest BCUT2D eigenvalue weighted by Gasteiger charge is 2.36. The lowest BCUT2D eigenvalue weighted by Crippen LogP contribution is -2.39. The molecule has 8 nitrogen and oxygen atoms in total. The van der Waals surface area contributed by atoms with Crippen molar-refractivity contribution in [3.8, 4) is 0 Å². The molecule has 10 heteroatoms. The number of amides is 2. The third-order valence-electron chi connectivity index (χ3n) is 7.55. The Balaban J connectivity index is 1.44. The molecule has 0 unspecified atom stereocenters. The lowest BCUT2D eigenvalue weighted by atomic mass is 9.86. The third kappa shape index (κ3) is 11.2. The Bertz CT molecular complexity index is 770. The van der Waals surface area contributed by atoms with Crippen LogP contribution in [-0.2, 0) is 19.1 Å². The van der Waals surface area contributed by atoms with E-state index >= 15 is 0 Å². The van der Waals surface area contributed by atoms with Crippen LogP contribution in [-0.4, -0.2) is 107 Å². The number of nitrogens with zero attached hydrogens (tertiary/aromatic N) is 4. The zero-order valence-electron chi connectivity index (χ0n) is 25.3. The third-order valence-corrected chi connectivity index (χ3v) is 8.51. The van der Waals surface area contributed by atoms with Crippen LogP contribution < -0.4 is 0 Å². The Kier molecular flexibility index (Phi) is 14.0. The predicted molar refractivity (Wildman–Crippen MR) is 165 cm³/mol. The molecule has 39 heavy (non-hydrogen) atoms. The van der Waals surface area contributed by atoms with Crippen molar-refractivity contribution in [1.29, 1.82) is 0 Å². The fourth-order valence-electron chi connectivity index (χ4n) is 5.09. The Hall–Kier alpha value is -1.36. The molecule has 2 amide bonds. The zero-order valence-corrected chi connectivity index (χ0v) is 26.9. The monoisotopic (exact) mass is 584 g/mol. The SMILES string of the molecule is CCN1CC(=O)N(CC(C)(C)CCCCOCCCOCCCCC(C)(C)CN2C(=O)CN(CC)C2=S)C1=S. The number of hydrogen-bond acceptors (Lipinski definition) is 6. The Morgan fingerprint density at radius 3 is 1.33 bits per heavy atom. The lowest BCUT2D eigenvalue weighted by molar-refractivity contribution is -0.126. The van der Waals surface area contributed by atoms with Gasteiger partial charge in [-0.05, 0) is 81.2 Å². The van der Waals surface area contributed by atoms with Crippen LogP contribution >= 0.6 is 24.4 Å². The maximum absolute atomic E-state index is 12.3. The smallest absolute Gasteiger partial charge is 0.248 e. The van der Waals surface area contributed by atoms with E-state index in [1.807, 2.05) is 23.6 Å². The summed E-state index contributed by atoms with van der Waals surface area (Å²) in [6.07, 6.45) is 7.15. The molecule has 2 fully saturated rings. The fraction of sp³-hybridized carbons (Fsp3) is 0.862. The molecule has 0 spiro atoms. The summed E-state index contributed by atoms with van der Waals surface area (Å²) in [7, 11) is 0. The zero-order chi connectivity index (χ0) is 29.1. The molecule has 0 radical (unpaired) electrons. The first-order valence-corrected chi connectivity index (χ1v) is 15.6. The highest BCUT2D eigenvalue weighted by Crippen LogP contribution is 2.28. The highest BCUT2D eigenvalue weighted by molar-refractivity contribution is 7.80. The second-order valence-electron chi connectivity index (χ2n) is 12.4. The normalized spacial score (nSPS) is 17.0. The molecular formula is C29H52N4O4S2. The molecule has 2 aliphatic heterocycles. The first-order valence-electron chi connectivity index (χ1n) is 14.7. The van der Waals surface area contributed by atoms with Gasteiger partial charge in [-0.3, -0.25) is 19.4 Å². The van der Waals surface area contributed by atoms with Crippen molar-refractivity contribution in [1.82, 2.24) is 19.6 Å². The van der Waals surface area contributed by atoms with E-state index in [2.05, 4.69) is 27.7 Å². The number of thiocarbonyl (C=S) groups is 2. The van der Waals surface area contributed by atoms with Gasteiger partial charge in [-0.2, -0.15) is 0 Å². The number of likely N-dealkylation sites (N-methyl/N-ethyl adjacent to an activating group) is 2. The van der Waals surface area contributed by atoms with E-state index in [0.717, 1.165) is 84.5 Å². The van der Waals surface area contributed by atoms with Gasteiger partial charge in [0.05, 0.1) is 13.1 Å². The number of rotatable bonds is 20. The summed E-state index contributed by atoms with van der Waals surface area (Å²) in [6, 6.07) is 0. The summed E-state index contributed by atoms with van der Waals surface area (Å²) >= 11 is 11.0. The lowest BCUT2D eigenvalue weighted by Gasteiger charge is -2.30. The maximum Gasteiger partial charge on any atom is 0.248 e. The summed E-state index contributed by atoms with van der Waals surface area (Å²) in [5.74, 6) is 0.238. The topological polar surface area (TPSA) is 65.6 Å². The quantitative estimate of drug-likeness (QED) is 0.151. The molecule has 2 aliphatic rings. The van der Waals surface area contributed by atoms with E-state index < -0.39 is 0 Å². The van der Waals surface area contributed by atoms with Gasteiger partial charge in [-0.15, -0.1) is 0 Å². The molecule has 2 rings (SSSR count). The first-order chi connectivity index (χ1) is 18.4. The molecular weight excluding hydrogens is 532 g/mol. The second kappa shape index (κ2) is 16.2. The van der Waals surface area contributed by atoms with Crippen molar-refractivity contribution in [3.63, 3.8) is 0 Å². The van der Waals surface area contributed by atoms with Gasteiger partial charge in [0.25, 0.3) is 0 Å². The van der Waals surface area contributed by atoms with E-state index in [1.165, 1.54) is 0 Å². The van der Waals surface area contributed by atoms with Crippen molar-refractivity contribution in [2.24, 2.45) is 10.8 Å². The molecule has 0 aromatic carbocycles.